The summed E-state index contributed by atoms with van der Waals surface area (Å²) in [5.41, 5.74) is 0.296. The lowest BCUT2D eigenvalue weighted by Gasteiger charge is -2.01. The Kier molecular flexibility index (Phi) is 3.43. The van der Waals surface area contributed by atoms with E-state index in [1.807, 2.05) is 0 Å². The first-order valence-corrected chi connectivity index (χ1v) is 4.58. The molecule has 0 aliphatic carbocycles. The Morgan fingerprint density at radius 3 is 1.53 bits per heavy atom. The van der Waals surface area contributed by atoms with E-state index in [4.69, 9.17) is 10.2 Å². The first kappa shape index (κ1) is 12.6. The molecule has 0 aliphatic heterocycles. The molecule has 0 atom stereocenters. The lowest BCUT2D eigenvalue weighted by molar-refractivity contribution is 0.0687. The van der Waals surface area contributed by atoms with Crippen LogP contribution in [0.25, 0.3) is 10.8 Å². The molecule has 2 rings (SSSR count). The van der Waals surface area contributed by atoms with E-state index in [1.54, 1.807) is 12.1 Å². The van der Waals surface area contributed by atoms with E-state index in [0.29, 0.717) is 5.39 Å². The summed E-state index contributed by atoms with van der Waals surface area (Å²) >= 11 is 0. The second-order valence-corrected chi connectivity index (χ2v) is 3.39. The fraction of sp³-hybridized carbons (Fsp3) is 0. The van der Waals surface area contributed by atoms with Crippen molar-refractivity contribution in [2.75, 3.05) is 0 Å². The van der Waals surface area contributed by atoms with Gasteiger partial charge in [-0.25, -0.2) is 9.59 Å². The number of halogens is 1. The third-order valence-corrected chi connectivity index (χ3v) is 2.33. The van der Waals surface area contributed by atoms with E-state index in [0.717, 1.165) is 5.39 Å². The molecule has 4 nitrogen and oxygen atoms in total. The summed E-state index contributed by atoms with van der Waals surface area (Å²) in [6.07, 6.45) is 0. The van der Waals surface area contributed by atoms with Crippen molar-refractivity contribution in [2.45, 2.75) is 0 Å². The van der Waals surface area contributed by atoms with Gasteiger partial charge in [-0.05, 0) is 35.0 Å². The van der Waals surface area contributed by atoms with Gasteiger partial charge in [-0.3, -0.25) is 4.70 Å². The van der Waals surface area contributed by atoms with Crippen LogP contribution in [0.3, 0.4) is 0 Å². The molecule has 2 aromatic carbocycles. The quantitative estimate of drug-likeness (QED) is 0.839. The Morgan fingerprint density at radius 1 is 0.765 bits per heavy atom. The second kappa shape index (κ2) is 4.61. The molecule has 0 bridgehead atoms. The van der Waals surface area contributed by atoms with Gasteiger partial charge in [0.25, 0.3) is 0 Å². The molecule has 2 N–H and O–H groups in total. The fourth-order valence-corrected chi connectivity index (χ4v) is 1.51. The number of hydrogen-bond acceptors (Lipinski definition) is 2. The molecule has 0 unspecified atom stereocenters. The molecule has 0 fully saturated rings. The topological polar surface area (TPSA) is 74.6 Å². The number of carbonyl (C=O) groups is 2. The molecule has 0 amide bonds. The van der Waals surface area contributed by atoms with Gasteiger partial charge >= 0.3 is 11.9 Å². The zero-order valence-corrected chi connectivity index (χ0v) is 8.58. The van der Waals surface area contributed by atoms with Crippen molar-refractivity contribution < 1.29 is 24.5 Å². The summed E-state index contributed by atoms with van der Waals surface area (Å²) in [6, 6.07) is 9.22. The minimum atomic E-state index is -1.03. The van der Waals surface area contributed by atoms with E-state index in [-0.39, 0.29) is 15.8 Å². The van der Waals surface area contributed by atoms with Crippen LogP contribution >= 0.6 is 0 Å². The summed E-state index contributed by atoms with van der Waals surface area (Å²) in [5.74, 6) is -2.05. The molecular formula is C12H9FO4. The number of benzene rings is 2. The number of aromatic carboxylic acids is 2. The smallest absolute Gasteiger partial charge is 0.335 e. The van der Waals surface area contributed by atoms with E-state index in [9.17, 15) is 9.59 Å². The maximum absolute atomic E-state index is 10.7. The van der Waals surface area contributed by atoms with Crippen LogP contribution in [0.15, 0.2) is 36.4 Å². The second-order valence-electron chi connectivity index (χ2n) is 3.39. The maximum Gasteiger partial charge on any atom is 0.335 e. The number of hydrogen-bond donors (Lipinski definition) is 2. The molecule has 88 valence electrons. The Balaban J connectivity index is 0.00000144. The zero-order chi connectivity index (χ0) is 11.7. The Bertz CT molecular complexity index is 543. The van der Waals surface area contributed by atoms with Crippen LogP contribution in [0.4, 0.5) is 4.70 Å². The van der Waals surface area contributed by atoms with Crippen LogP contribution in [0, 0.1) is 0 Å². The Hall–Kier alpha value is -2.43. The highest BCUT2D eigenvalue weighted by Crippen LogP contribution is 2.18. The first-order chi connectivity index (χ1) is 7.58. The van der Waals surface area contributed by atoms with Gasteiger partial charge in [0.2, 0.25) is 0 Å². The van der Waals surface area contributed by atoms with Gasteiger partial charge in [0.05, 0.1) is 11.1 Å². The molecule has 0 saturated heterocycles. The number of fused-ring (bicyclic) bond motifs is 1. The van der Waals surface area contributed by atoms with Gasteiger partial charge in [-0.1, -0.05) is 12.1 Å². The van der Waals surface area contributed by atoms with Gasteiger partial charge < -0.3 is 10.2 Å². The van der Waals surface area contributed by atoms with E-state index >= 15 is 0 Å². The van der Waals surface area contributed by atoms with Crippen molar-refractivity contribution in [1.82, 2.24) is 0 Å². The lowest BCUT2D eigenvalue weighted by Crippen LogP contribution is -1.97. The number of rotatable bonds is 2. The molecule has 0 radical (unpaired) electrons. The van der Waals surface area contributed by atoms with Gasteiger partial charge in [-0.2, -0.15) is 0 Å². The third kappa shape index (κ3) is 2.39. The van der Waals surface area contributed by atoms with Crippen molar-refractivity contribution in [3.05, 3.63) is 47.5 Å². The van der Waals surface area contributed by atoms with E-state index in [1.165, 1.54) is 24.3 Å². The molecule has 17 heavy (non-hydrogen) atoms. The molecule has 0 heterocycles. The van der Waals surface area contributed by atoms with Crippen LogP contribution in [-0.2, 0) is 0 Å². The highest BCUT2D eigenvalue weighted by atomic mass is 19.0. The van der Waals surface area contributed by atoms with Crippen LogP contribution in [0.2, 0.25) is 0 Å². The van der Waals surface area contributed by atoms with Gasteiger partial charge in [0.1, 0.15) is 0 Å². The molecule has 0 aromatic heterocycles. The van der Waals surface area contributed by atoms with Crippen LogP contribution < -0.4 is 0 Å². The van der Waals surface area contributed by atoms with Crippen molar-refractivity contribution >= 4 is 22.7 Å². The van der Waals surface area contributed by atoms with Gasteiger partial charge in [0, 0.05) is 0 Å². The predicted octanol–water partition coefficient (Wildman–Crippen LogP) is 2.39. The highest BCUT2D eigenvalue weighted by molar-refractivity contribution is 5.98. The Morgan fingerprint density at radius 2 is 1.18 bits per heavy atom. The standard InChI is InChI=1S/C12H8O4.FH/c13-11(14)8-3-1-7-2-4-9(12(15)16)6-10(7)5-8;/h1-6H,(H,13,14)(H,15,16);1H. The molecule has 2 aromatic rings. The number of carboxylic acid groups (broad SMARTS) is 2. The summed E-state index contributed by atoms with van der Waals surface area (Å²) in [5, 5.41) is 19.0. The van der Waals surface area contributed by atoms with Gasteiger partial charge in [0.15, 0.2) is 0 Å². The van der Waals surface area contributed by atoms with Crippen molar-refractivity contribution in [1.29, 1.82) is 0 Å². The first-order valence-electron chi connectivity index (χ1n) is 4.58. The molecular weight excluding hydrogens is 227 g/mol. The molecule has 5 heteroatoms. The summed E-state index contributed by atoms with van der Waals surface area (Å²) in [4.78, 5) is 21.5. The van der Waals surface area contributed by atoms with Crippen molar-refractivity contribution in [2.24, 2.45) is 0 Å². The predicted molar refractivity (Wildman–Crippen MR) is 60.4 cm³/mol. The monoisotopic (exact) mass is 236 g/mol. The SMILES string of the molecule is F.O=C(O)c1ccc2ccc(C(=O)O)cc2c1. The van der Waals surface area contributed by atoms with E-state index in [2.05, 4.69) is 0 Å². The largest absolute Gasteiger partial charge is 0.478 e. The van der Waals surface area contributed by atoms with Crippen LogP contribution in [0.5, 0.6) is 0 Å². The summed E-state index contributed by atoms with van der Waals surface area (Å²) < 4.78 is 0. The van der Waals surface area contributed by atoms with Crippen LogP contribution in [-0.4, -0.2) is 22.2 Å². The summed E-state index contributed by atoms with van der Waals surface area (Å²) in [7, 11) is 0. The molecule has 0 saturated carbocycles. The highest BCUT2D eigenvalue weighted by Gasteiger charge is 2.06. The molecule has 0 spiro atoms. The lowest BCUT2D eigenvalue weighted by atomic mass is 10.0. The normalized spacial score (nSPS) is 9.65. The van der Waals surface area contributed by atoms with Crippen LogP contribution in [0.1, 0.15) is 20.7 Å². The van der Waals surface area contributed by atoms with Gasteiger partial charge in [-0.15, -0.1) is 0 Å². The minimum Gasteiger partial charge on any atom is -0.478 e. The maximum atomic E-state index is 10.7. The Labute approximate surface area is 95.5 Å². The average Bonchev–Trinajstić information content (AvgIpc) is 2.27. The van der Waals surface area contributed by atoms with Crippen molar-refractivity contribution in [3.8, 4) is 0 Å². The minimum absolute atomic E-state index is 0. The molecule has 0 aliphatic rings. The average molecular weight is 236 g/mol. The van der Waals surface area contributed by atoms with E-state index < -0.39 is 11.9 Å². The fourth-order valence-electron chi connectivity index (χ4n) is 1.51. The van der Waals surface area contributed by atoms with Crippen molar-refractivity contribution in [3.63, 3.8) is 0 Å². The zero-order valence-electron chi connectivity index (χ0n) is 8.58. The summed E-state index contributed by atoms with van der Waals surface area (Å²) in [6.45, 7) is 0. The number of carboxylic acids is 2. The third-order valence-electron chi connectivity index (χ3n) is 2.33.